The van der Waals surface area contributed by atoms with E-state index >= 15 is 0 Å². The highest BCUT2D eigenvalue weighted by Crippen LogP contribution is 2.13. The summed E-state index contributed by atoms with van der Waals surface area (Å²) >= 11 is 0. The lowest BCUT2D eigenvalue weighted by Crippen LogP contribution is -2.30. The topological polar surface area (TPSA) is 116 Å². The van der Waals surface area contributed by atoms with Gasteiger partial charge in [-0.15, -0.1) is 0 Å². The van der Waals surface area contributed by atoms with Crippen molar-refractivity contribution >= 4 is 23.9 Å². The molecule has 7 nitrogen and oxygen atoms in total. The van der Waals surface area contributed by atoms with Gasteiger partial charge in [0.25, 0.3) is 0 Å². The van der Waals surface area contributed by atoms with Crippen molar-refractivity contribution < 1.29 is 10.0 Å². The molecule has 0 aliphatic rings. The number of aromatic nitrogens is 1. The minimum Gasteiger partial charge on any atom is -0.427 e. The molecule has 1 heterocycles. The Bertz CT molecular complexity index is 1210. The number of pyridine rings is 1. The number of nitrogen functional groups attached to an aromatic ring is 1. The fraction of sp³-hybridized carbons (Fsp3) is 0.192. The van der Waals surface area contributed by atoms with E-state index in [-0.39, 0.29) is 24.2 Å². The zero-order valence-corrected chi connectivity index (χ0v) is 18.8. The molecular formula is C26H29N5O2. The van der Waals surface area contributed by atoms with Gasteiger partial charge in [-0.1, -0.05) is 66.7 Å². The normalized spacial score (nSPS) is 11.8. The molecule has 0 atom stereocenters. The van der Waals surface area contributed by atoms with Crippen LogP contribution in [-0.4, -0.2) is 27.7 Å². The average Bonchev–Trinajstić information content (AvgIpc) is 2.80. The van der Waals surface area contributed by atoms with Crippen molar-refractivity contribution in [3.05, 3.63) is 100 Å². The van der Waals surface area contributed by atoms with E-state index in [1.165, 1.54) is 0 Å². The summed E-state index contributed by atoms with van der Waals surface area (Å²) < 4.78 is 0.992. The number of amidine groups is 1. The number of hydrogen-bond donors (Lipinski definition) is 4. The highest BCUT2D eigenvalue weighted by molar-refractivity contribution is 5.94. The van der Waals surface area contributed by atoms with Crippen molar-refractivity contribution in [2.45, 2.75) is 32.9 Å². The third kappa shape index (κ3) is 6.67. The molecule has 1 amide bonds. The van der Waals surface area contributed by atoms with Gasteiger partial charge in [0.15, 0.2) is 5.49 Å². The Kier molecular flexibility index (Phi) is 7.81. The second-order valence-electron chi connectivity index (χ2n) is 7.94. The van der Waals surface area contributed by atoms with E-state index in [0.29, 0.717) is 23.3 Å². The van der Waals surface area contributed by atoms with E-state index in [1.807, 2.05) is 74.5 Å². The molecule has 0 aliphatic heterocycles. The Balaban J connectivity index is 1.81. The standard InChI is InChI=1S/C26H29N5O2/c1-18(2)30-24-15-14-21(11-8-19-6-4-3-5-7-19)23(31(24)33)16-25(32)29-17-20-9-12-22(13-10-20)26(27)28/h3-15,18,33H,16-17H2,1-2H3,(H3,27,28)(H,29,32)/b11-8+,30-24?. The van der Waals surface area contributed by atoms with E-state index in [4.69, 9.17) is 11.1 Å². The van der Waals surface area contributed by atoms with Crippen LogP contribution in [0.4, 0.5) is 0 Å². The molecule has 0 fully saturated rings. The largest absolute Gasteiger partial charge is 0.427 e. The third-order valence-corrected chi connectivity index (χ3v) is 4.95. The highest BCUT2D eigenvalue weighted by Gasteiger charge is 2.13. The molecule has 33 heavy (non-hydrogen) atoms. The maximum absolute atomic E-state index is 12.7. The first-order chi connectivity index (χ1) is 15.8. The predicted molar refractivity (Wildman–Crippen MR) is 131 cm³/mol. The number of rotatable bonds is 8. The molecule has 2 aromatic carbocycles. The van der Waals surface area contributed by atoms with Crippen LogP contribution in [0.1, 0.15) is 41.8 Å². The minimum atomic E-state index is -0.232. The van der Waals surface area contributed by atoms with Gasteiger partial charge in [-0.3, -0.25) is 15.2 Å². The number of nitrogens with one attached hydrogen (secondary N) is 2. The number of benzene rings is 2. The van der Waals surface area contributed by atoms with Crippen molar-refractivity contribution in [1.82, 2.24) is 10.0 Å². The van der Waals surface area contributed by atoms with Crippen LogP contribution in [0.15, 0.2) is 71.7 Å². The number of nitrogens with two attached hydrogens (primary N) is 1. The minimum absolute atomic E-state index is 0.000802. The van der Waals surface area contributed by atoms with E-state index in [0.717, 1.165) is 21.4 Å². The van der Waals surface area contributed by atoms with Gasteiger partial charge in [0.2, 0.25) is 5.91 Å². The van der Waals surface area contributed by atoms with Gasteiger partial charge in [-0.25, -0.2) is 0 Å². The van der Waals surface area contributed by atoms with Crippen molar-refractivity contribution in [3.8, 4) is 0 Å². The lowest BCUT2D eigenvalue weighted by atomic mass is 10.1. The quantitative estimate of drug-likeness (QED) is 0.243. The Morgan fingerprint density at radius 3 is 2.42 bits per heavy atom. The van der Waals surface area contributed by atoms with Gasteiger partial charge < -0.3 is 16.3 Å². The second-order valence-corrected chi connectivity index (χ2v) is 7.94. The van der Waals surface area contributed by atoms with Gasteiger partial charge in [0.05, 0.1) is 12.1 Å². The lowest BCUT2D eigenvalue weighted by molar-refractivity contribution is -0.120. The van der Waals surface area contributed by atoms with Gasteiger partial charge in [0.1, 0.15) is 5.84 Å². The lowest BCUT2D eigenvalue weighted by Gasteiger charge is -2.13. The number of carbonyl (C=O) groups excluding carboxylic acids is 1. The first-order valence-corrected chi connectivity index (χ1v) is 10.7. The van der Waals surface area contributed by atoms with Crippen molar-refractivity contribution in [2.24, 2.45) is 10.7 Å². The summed E-state index contributed by atoms with van der Waals surface area (Å²) in [6.45, 7) is 4.17. The molecular weight excluding hydrogens is 414 g/mol. The monoisotopic (exact) mass is 443 g/mol. The van der Waals surface area contributed by atoms with E-state index in [2.05, 4.69) is 10.3 Å². The fourth-order valence-corrected chi connectivity index (χ4v) is 3.25. The summed E-state index contributed by atoms with van der Waals surface area (Å²) in [7, 11) is 0. The maximum Gasteiger partial charge on any atom is 0.226 e. The third-order valence-electron chi connectivity index (χ3n) is 4.95. The van der Waals surface area contributed by atoms with E-state index < -0.39 is 0 Å². The molecule has 0 saturated carbocycles. The van der Waals surface area contributed by atoms with E-state index in [1.54, 1.807) is 18.2 Å². The molecule has 7 heteroatoms. The highest BCUT2D eigenvalue weighted by atomic mass is 16.5. The van der Waals surface area contributed by atoms with Crippen molar-refractivity contribution in [3.63, 3.8) is 0 Å². The summed E-state index contributed by atoms with van der Waals surface area (Å²) in [5.74, 6) is -0.231. The van der Waals surface area contributed by atoms with Gasteiger partial charge in [-0.05, 0) is 42.7 Å². The van der Waals surface area contributed by atoms with Crippen LogP contribution in [0, 0.1) is 5.41 Å². The molecule has 0 unspecified atom stereocenters. The Labute approximate surface area is 193 Å². The van der Waals surface area contributed by atoms with E-state index in [9.17, 15) is 10.0 Å². The summed E-state index contributed by atoms with van der Waals surface area (Å²) in [5.41, 5.74) is 9.59. The molecule has 0 spiro atoms. The molecule has 0 radical (unpaired) electrons. The van der Waals surface area contributed by atoms with Crippen LogP contribution < -0.4 is 16.5 Å². The van der Waals surface area contributed by atoms with Crippen LogP contribution in [0.25, 0.3) is 12.2 Å². The van der Waals surface area contributed by atoms with Crippen LogP contribution >= 0.6 is 0 Å². The molecule has 0 aliphatic carbocycles. The van der Waals surface area contributed by atoms with Crippen molar-refractivity contribution in [2.75, 3.05) is 0 Å². The maximum atomic E-state index is 12.7. The number of amides is 1. The summed E-state index contributed by atoms with van der Waals surface area (Å²) in [5, 5.41) is 21.1. The molecule has 3 aromatic rings. The number of nitrogens with zero attached hydrogens (tertiary/aromatic N) is 2. The zero-order valence-electron chi connectivity index (χ0n) is 18.8. The Hall–Kier alpha value is -4.13. The Morgan fingerprint density at radius 2 is 1.79 bits per heavy atom. The fourth-order valence-electron chi connectivity index (χ4n) is 3.25. The number of carbonyl (C=O) groups is 1. The summed E-state index contributed by atoms with van der Waals surface area (Å²) in [6.07, 6.45) is 3.80. The number of hydrogen-bond acceptors (Lipinski definition) is 4. The SMILES string of the molecule is CC(C)N=c1ccc(/C=C/c2ccccc2)c(CC(=O)NCc2ccc(C(=N)N)cc2)n1O. The molecule has 0 bridgehead atoms. The summed E-state index contributed by atoms with van der Waals surface area (Å²) in [6, 6.07) is 20.5. The predicted octanol–water partition coefficient (Wildman–Crippen LogP) is 3.35. The molecule has 3 rings (SSSR count). The van der Waals surface area contributed by atoms with Crippen LogP contribution in [0.2, 0.25) is 0 Å². The van der Waals surface area contributed by atoms with Gasteiger partial charge >= 0.3 is 0 Å². The first kappa shape index (κ1) is 23.5. The molecule has 5 N–H and O–H groups in total. The first-order valence-electron chi connectivity index (χ1n) is 10.7. The van der Waals surface area contributed by atoms with Crippen molar-refractivity contribution in [1.29, 1.82) is 5.41 Å². The Morgan fingerprint density at radius 1 is 1.09 bits per heavy atom. The molecule has 0 saturated heterocycles. The zero-order chi connectivity index (χ0) is 23.8. The van der Waals surface area contributed by atoms with Gasteiger partial charge in [0, 0.05) is 18.2 Å². The van der Waals surface area contributed by atoms with Crippen LogP contribution in [-0.2, 0) is 17.8 Å². The molecule has 1 aromatic heterocycles. The smallest absolute Gasteiger partial charge is 0.226 e. The molecule has 170 valence electrons. The summed E-state index contributed by atoms with van der Waals surface area (Å²) in [4.78, 5) is 17.2. The van der Waals surface area contributed by atoms with Gasteiger partial charge in [-0.2, -0.15) is 4.73 Å². The van der Waals surface area contributed by atoms with Crippen LogP contribution in [0.3, 0.4) is 0 Å². The average molecular weight is 444 g/mol. The second kappa shape index (κ2) is 10.9. The van der Waals surface area contributed by atoms with Crippen LogP contribution in [0.5, 0.6) is 0 Å².